The second-order valence-electron chi connectivity index (χ2n) is 6.97. The molecule has 5 rings (SSSR count). The highest BCUT2D eigenvalue weighted by Crippen LogP contribution is 2.32. The normalized spacial score (nSPS) is 11.6. The zero-order chi connectivity index (χ0) is 21.5. The van der Waals surface area contributed by atoms with Gasteiger partial charge in [-0.2, -0.15) is 0 Å². The Balaban J connectivity index is 1.90. The molecular formula is C22H18ClN5O3. The zero-order valence-corrected chi connectivity index (χ0v) is 17.6. The molecule has 9 heteroatoms. The Morgan fingerprint density at radius 3 is 2.52 bits per heavy atom. The first-order chi connectivity index (χ1) is 15.1. The topological polar surface area (TPSA) is 84.1 Å². The number of fused-ring (bicyclic) bond motifs is 4. The quantitative estimate of drug-likeness (QED) is 0.419. The van der Waals surface area contributed by atoms with Crippen molar-refractivity contribution in [3.05, 3.63) is 64.2 Å². The van der Waals surface area contributed by atoms with E-state index >= 15 is 0 Å². The van der Waals surface area contributed by atoms with Gasteiger partial charge in [0.05, 0.1) is 42.0 Å². The standard InChI is InChI=1S/C22H18ClN5O3/c1-30-10-9-27-12-24-20-18(22(27)29)19-21(26-16-6-4-3-5-15(16)25-19)28(20)13-7-8-17(31-2)14(23)11-13/h3-8,11-12H,9-10H2,1-2H3. The second-order valence-corrected chi connectivity index (χ2v) is 7.38. The fourth-order valence-electron chi connectivity index (χ4n) is 3.66. The van der Waals surface area contributed by atoms with Crippen molar-refractivity contribution in [1.29, 1.82) is 0 Å². The molecule has 31 heavy (non-hydrogen) atoms. The van der Waals surface area contributed by atoms with Gasteiger partial charge in [-0.05, 0) is 30.3 Å². The summed E-state index contributed by atoms with van der Waals surface area (Å²) in [4.78, 5) is 27.5. The van der Waals surface area contributed by atoms with Crippen LogP contribution in [0.2, 0.25) is 5.02 Å². The smallest absolute Gasteiger partial charge is 0.265 e. The highest BCUT2D eigenvalue weighted by atomic mass is 35.5. The molecule has 0 radical (unpaired) electrons. The highest BCUT2D eigenvalue weighted by Gasteiger charge is 2.21. The number of methoxy groups -OCH3 is 2. The third-order valence-corrected chi connectivity index (χ3v) is 5.46. The Hall–Kier alpha value is -3.49. The van der Waals surface area contributed by atoms with E-state index in [2.05, 4.69) is 4.98 Å². The van der Waals surface area contributed by atoms with Crippen molar-refractivity contribution in [2.45, 2.75) is 6.54 Å². The average molecular weight is 436 g/mol. The summed E-state index contributed by atoms with van der Waals surface area (Å²) in [6.45, 7) is 0.786. The fraction of sp³-hybridized carbons (Fsp3) is 0.182. The van der Waals surface area contributed by atoms with E-state index in [1.165, 1.54) is 10.9 Å². The van der Waals surface area contributed by atoms with E-state index in [0.29, 0.717) is 57.3 Å². The number of benzene rings is 2. The molecule has 2 aromatic carbocycles. The largest absolute Gasteiger partial charge is 0.495 e. The number of halogens is 1. The van der Waals surface area contributed by atoms with E-state index in [1.54, 1.807) is 30.9 Å². The van der Waals surface area contributed by atoms with Gasteiger partial charge in [0.15, 0.2) is 11.3 Å². The van der Waals surface area contributed by atoms with Crippen LogP contribution < -0.4 is 10.3 Å². The first-order valence-electron chi connectivity index (χ1n) is 9.61. The third-order valence-electron chi connectivity index (χ3n) is 5.16. The summed E-state index contributed by atoms with van der Waals surface area (Å²) >= 11 is 6.38. The zero-order valence-electron chi connectivity index (χ0n) is 16.9. The Morgan fingerprint density at radius 2 is 1.81 bits per heavy atom. The predicted octanol–water partition coefficient (Wildman–Crippen LogP) is 3.59. The van der Waals surface area contributed by atoms with E-state index in [-0.39, 0.29) is 5.56 Å². The molecule has 156 valence electrons. The van der Waals surface area contributed by atoms with Crippen molar-refractivity contribution in [2.75, 3.05) is 20.8 Å². The van der Waals surface area contributed by atoms with Crippen LogP contribution in [0.3, 0.4) is 0 Å². The van der Waals surface area contributed by atoms with Crippen molar-refractivity contribution in [3.8, 4) is 11.4 Å². The van der Waals surface area contributed by atoms with Crippen LogP contribution in [-0.4, -0.2) is 44.9 Å². The van der Waals surface area contributed by atoms with Crippen molar-refractivity contribution in [3.63, 3.8) is 0 Å². The molecule has 0 atom stereocenters. The van der Waals surface area contributed by atoms with Gasteiger partial charge in [0.25, 0.3) is 5.56 Å². The number of nitrogens with zero attached hydrogens (tertiary/aromatic N) is 5. The fourth-order valence-corrected chi connectivity index (χ4v) is 3.91. The van der Waals surface area contributed by atoms with Gasteiger partial charge in [-0.25, -0.2) is 15.0 Å². The first kappa shape index (κ1) is 19.5. The van der Waals surface area contributed by atoms with Crippen LogP contribution in [0, 0.1) is 0 Å². The Bertz CT molecular complexity index is 1510. The lowest BCUT2D eigenvalue weighted by Crippen LogP contribution is -2.22. The monoisotopic (exact) mass is 435 g/mol. The molecule has 3 aromatic heterocycles. The lowest BCUT2D eigenvalue weighted by atomic mass is 10.3. The molecule has 0 unspecified atom stereocenters. The summed E-state index contributed by atoms with van der Waals surface area (Å²) in [6, 6.07) is 12.9. The molecule has 0 bridgehead atoms. The van der Waals surface area contributed by atoms with Crippen LogP contribution in [0.5, 0.6) is 5.75 Å². The summed E-state index contributed by atoms with van der Waals surface area (Å²) in [5.74, 6) is 0.553. The van der Waals surface area contributed by atoms with E-state index in [0.717, 1.165) is 5.52 Å². The Labute approximate surface area is 181 Å². The third kappa shape index (κ3) is 3.11. The van der Waals surface area contributed by atoms with Gasteiger partial charge >= 0.3 is 0 Å². The van der Waals surface area contributed by atoms with Crippen LogP contribution in [0.15, 0.2) is 53.6 Å². The van der Waals surface area contributed by atoms with Gasteiger partial charge in [-0.15, -0.1) is 0 Å². The molecule has 5 aromatic rings. The summed E-state index contributed by atoms with van der Waals surface area (Å²) in [5.41, 5.74) is 3.41. The highest BCUT2D eigenvalue weighted by molar-refractivity contribution is 6.32. The van der Waals surface area contributed by atoms with Crippen LogP contribution in [0.1, 0.15) is 0 Å². The van der Waals surface area contributed by atoms with Gasteiger partial charge in [-0.3, -0.25) is 13.9 Å². The molecule has 0 aliphatic carbocycles. The minimum atomic E-state index is -0.199. The predicted molar refractivity (Wildman–Crippen MR) is 119 cm³/mol. The van der Waals surface area contributed by atoms with Crippen molar-refractivity contribution >= 4 is 44.8 Å². The lowest BCUT2D eigenvalue weighted by molar-refractivity contribution is 0.186. The van der Waals surface area contributed by atoms with Crippen LogP contribution in [0.4, 0.5) is 0 Å². The second kappa shape index (κ2) is 7.64. The SMILES string of the molecule is COCCn1cnc2c(c1=O)c1nc3ccccc3nc1n2-c1ccc(OC)c(Cl)c1. The molecule has 0 amide bonds. The molecule has 0 fully saturated rings. The number of ether oxygens (including phenoxy) is 2. The number of rotatable bonds is 5. The summed E-state index contributed by atoms with van der Waals surface area (Å²) in [6.07, 6.45) is 1.52. The molecule has 8 nitrogen and oxygen atoms in total. The van der Waals surface area contributed by atoms with Gasteiger partial charge in [0, 0.05) is 7.11 Å². The van der Waals surface area contributed by atoms with E-state index in [1.807, 2.05) is 30.3 Å². The minimum Gasteiger partial charge on any atom is -0.495 e. The molecule has 0 saturated heterocycles. The Kier molecular flexibility index (Phi) is 4.80. The summed E-state index contributed by atoms with van der Waals surface area (Å²) in [7, 11) is 3.15. The van der Waals surface area contributed by atoms with E-state index < -0.39 is 0 Å². The summed E-state index contributed by atoms with van der Waals surface area (Å²) in [5, 5.41) is 0.844. The molecule has 3 heterocycles. The first-order valence-corrected chi connectivity index (χ1v) is 9.99. The van der Waals surface area contributed by atoms with Crippen molar-refractivity contribution in [1.82, 2.24) is 24.1 Å². The van der Waals surface area contributed by atoms with Gasteiger partial charge in [-0.1, -0.05) is 23.7 Å². The minimum absolute atomic E-state index is 0.199. The number of hydrogen-bond donors (Lipinski definition) is 0. The maximum atomic E-state index is 13.3. The van der Waals surface area contributed by atoms with Gasteiger partial charge in [0.1, 0.15) is 23.0 Å². The van der Waals surface area contributed by atoms with Crippen molar-refractivity contribution < 1.29 is 9.47 Å². The van der Waals surface area contributed by atoms with Crippen molar-refractivity contribution in [2.24, 2.45) is 0 Å². The lowest BCUT2D eigenvalue weighted by Gasteiger charge is -2.10. The number of hydrogen-bond acceptors (Lipinski definition) is 6. The average Bonchev–Trinajstić information content (AvgIpc) is 3.10. The number of para-hydroxylation sites is 2. The van der Waals surface area contributed by atoms with E-state index in [9.17, 15) is 4.79 Å². The molecule has 0 N–H and O–H groups in total. The molecule has 0 saturated carbocycles. The van der Waals surface area contributed by atoms with Crippen LogP contribution >= 0.6 is 11.6 Å². The summed E-state index contributed by atoms with van der Waals surface area (Å²) < 4.78 is 13.7. The maximum Gasteiger partial charge on any atom is 0.265 e. The Morgan fingerprint density at radius 1 is 1.03 bits per heavy atom. The maximum absolute atomic E-state index is 13.3. The molecule has 0 spiro atoms. The van der Waals surface area contributed by atoms with E-state index in [4.69, 9.17) is 31.0 Å². The van der Waals surface area contributed by atoms with Gasteiger partial charge in [0.2, 0.25) is 0 Å². The number of aromatic nitrogens is 5. The van der Waals surface area contributed by atoms with Crippen LogP contribution in [-0.2, 0) is 11.3 Å². The molecular weight excluding hydrogens is 418 g/mol. The molecule has 0 aliphatic heterocycles. The van der Waals surface area contributed by atoms with Gasteiger partial charge < -0.3 is 9.47 Å². The van der Waals surface area contributed by atoms with Crippen LogP contribution in [0.25, 0.3) is 38.9 Å². The molecule has 0 aliphatic rings.